The lowest BCUT2D eigenvalue weighted by atomic mass is 10.2. The van der Waals surface area contributed by atoms with E-state index >= 15 is 0 Å². The number of nitrogens with one attached hydrogen (secondary N) is 2. The minimum absolute atomic E-state index is 0.0177. The SMILES string of the molecule is CSc1ccc(Nc2c(C(=O)NCCCO)nn(C)c(=O)c2C)c(F)c1. The second-order valence-electron chi connectivity index (χ2n) is 5.58. The first-order valence-electron chi connectivity index (χ1n) is 7.96. The number of hydrogen-bond donors (Lipinski definition) is 3. The van der Waals surface area contributed by atoms with Gasteiger partial charge in [-0.3, -0.25) is 9.59 Å². The topological polar surface area (TPSA) is 96.2 Å². The molecule has 0 fully saturated rings. The highest BCUT2D eigenvalue weighted by Crippen LogP contribution is 2.26. The Morgan fingerprint density at radius 3 is 2.77 bits per heavy atom. The summed E-state index contributed by atoms with van der Waals surface area (Å²) in [6, 6.07) is 4.66. The van der Waals surface area contributed by atoms with Crippen molar-refractivity contribution in [3.8, 4) is 0 Å². The van der Waals surface area contributed by atoms with E-state index in [1.165, 1.54) is 24.9 Å². The summed E-state index contributed by atoms with van der Waals surface area (Å²) in [5, 5.41) is 18.3. The Morgan fingerprint density at radius 2 is 2.15 bits per heavy atom. The van der Waals surface area contributed by atoms with Crippen LogP contribution in [-0.4, -0.2) is 40.2 Å². The van der Waals surface area contributed by atoms with E-state index in [4.69, 9.17) is 5.11 Å². The number of benzene rings is 1. The van der Waals surface area contributed by atoms with Gasteiger partial charge in [0.1, 0.15) is 5.82 Å². The van der Waals surface area contributed by atoms with Crippen molar-refractivity contribution >= 4 is 29.0 Å². The molecule has 0 radical (unpaired) electrons. The van der Waals surface area contributed by atoms with Crippen LogP contribution in [0.25, 0.3) is 0 Å². The maximum Gasteiger partial charge on any atom is 0.273 e. The van der Waals surface area contributed by atoms with Crippen LogP contribution in [0.15, 0.2) is 27.9 Å². The molecule has 0 saturated heterocycles. The van der Waals surface area contributed by atoms with E-state index in [9.17, 15) is 14.0 Å². The highest BCUT2D eigenvalue weighted by atomic mass is 32.2. The number of thioether (sulfide) groups is 1. The zero-order valence-electron chi connectivity index (χ0n) is 14.8. The van der Waals surface area contributed by atoms with Gasteiger partial charge in [0.25, 0.3) is 11.5 Å². The van der Waals surface area contributed by atoms with Crippen LogP contribution in [-0.2, 0) is 7.05 Å². The van der Waals surface area contributed by atoms with Crippen LogP contribution in [0.1, 0.15) is 22.5 Å². The quantitative estimate of drug-likeness (QED) is 0.501. The van der Waals surface area contributed by atoms with Crippen molar-refractivity contribution in [1.29, 1.82) is 0 Å². The van der Waals surface area contributed by atoms with Crippen molar-refractivity contribution in [1.82, 2.24) is 15.1 Å². The van der Waals surface area contributed by atoms with Crippen LogP contribution < -0.4 is 16.2 Å². The molecule has 1 heterocycles. The van der Waals surface area contributed by atoms with Crippen LogP contribution in [0, 0.1) is 12.7 Å². The van der Waals surface area contributed by atoms with Crippen LogP contribution in [0.5, 0.6) is 0 Å². The molecular formula is C17H21FN4O3S. The van der Waals surface area contributed by atoms with Gasteiger partial charge in [-0.2, -0.15) is 5.10 Å². The minimum atomic E-state index is -0.513. The van der Waals surface area contributed by atoms with Gasteiger partial charge in [0.05, 0.1) is 11.4 Å². The molecule has 140 valence electrons. The number of aliphatic hydroxyl groups is 1. The first-order chi connectivity index (χ1) is 12.4. The molecule has 1 amide bonds. The Kier molecular flexibility index (Phi) is 6.76. The summed E-state index contributed by atoms with van der Waals surface area (Å²) in [7, 11) is 1.44. The summed E-state index contributed by atoms with van der Waals surface area (Å²) < 4.78 is 15.4. The van der Waals surface area contributed by atoms with Gasteiger partial charge in [-0.25, -0.2) is 9.07 Å². The van der Waals surface area contributed by atoms with Crippen molar-refractivity contribution in [3.05, 3.63) is 45.6 Å². The Bertz CT molecular complexity index is 870. The zero-order chi connectivity index (χ0) is 19.3. The maximum absolute atomic E-state index is 14.3. The third kappa shape index (κ3) is 4.41. The Balaban J connectivity index is 2.44. The van der Waals surface area contributed by atoms with Gasteiger partial charge in [-0.1, -0.05) is 0 Å². The van der Waals surface area contributed by atoms with E-state index in [-0.39, 0.29) is 41.3 Å². The zero-order valence-corrected chi connectivity index (χ0v) is 15.6. The molecule has 2 rings (SSSR count). The number of nitrogens with zero attached hydrogens (tertiary/aromatic N) is 2. The van der Waals surface area contributed by atoms with E-state index in [2.05, 4.69) is 15.7 Å². The van der Waals surface area contributed by atoms with Crippen LogP contribution in [0.4, 0.5) is 15.8 Å². The lowest BCUT2D eigenvalue weighted by Gasteiger charge is -2.15. The molecule has 26 heavy (non-hydrogen) atoms. The lowest BCUT2D eigenvalue weighted by Crippen LogP contribution is -2.32. The van der Waals surface area contributed by atoms with E-state index in [1.807, 2.05) is 6.26 Å². The second-order valence-corrected chi connectivity index (χ2v) is 6.46. The van der Waals surface area contributed by atoms with E-state index in [0.29, 0.717) is 6.42 Å². The van der Waals surface area contributed by atoms with Crippen molar-refractivity contribution in [2.24, 2.45) is 7.05 Å². The first kappa shape index (κ1) is 19.9. The molecule has 1 aromatic carbocycles. The highest BCUT2D eigenvalue weighted by Gasteiger charge is 2.20. The summed E-state index contributed by atoms with van der Waals surface area (Å²) in [6.45, 7) is 1.75. The van der Waals surface area contributed by atoms with Crippen molar-refractivity contribution < 1.29 is 14.3 Å². The lowest BCUT2D eigenvalue weighted by molar-refractivity contribution is 0.0944. The number of rotatable bonds is 7. The van der Waals surface area contributed by atoms with Gasteiger partial charge in [-0.05, 0) is 37.8 Å². The summed E-state index contributed by atoms with van der Waals surface area (Å²) in [5.74, 6) is -1.01. The van der Waals surface area contributed by atoms with Gasteiger partial charge in [0, 0.05) is 30.7 Å². The summed E-state index contributed by atoms with van der Waals surface area (Å²) >= 11 is 1.41. The van der Waals surface area contributed by atoms with Crippen LogP contribution >= 0.6 is 11.8 Å². The molecular weight excluding hydrogens is 359 g/mol. The molecule has 7 nitrogen and oxygen atoms in total. The number of hydrogen-bond acceptors (Lipinski definition) is 6. The number of halogens is 1. The van der Waals surface area contributed by atoms with Gasteiger partial charge in [0.15, 0.2) is 5.69 Å². The van der Waals surface area contributed by atoms with Crippen molar-refractivity contribution in [3.63, 3.8) is 0 Å². The smallest absolute Gasteiger partial charge is 0.273 e. The Hall–Kier alpha value is -2.39. The normalized spacial score (nSPS) is 10.7. The fraction of sp³-hybridized carbons (Fsp3) is 0.353. The summed E-state index contributed by atoms with van der Waals surface area (Å²) in [4.78, 5) is 25.4. The van der Waals surface area contributed by atoms with Crippen molar-refractivity contribution in [2.45, 2.75) is 18.2 Å². The monoisotopic (exact) mass is 380 g/mol. The molecule has 0 aliphatic rings. The number of aliphatic hydroxyl groups excluding tert-OH is 1. The van der Waals surface area contributed by atoms with Gasteiger partial charge >= 0.3 is 0 Å². The molecule has 0 spiro atoms. The standard InChI is InChI=1S/C17H21FN4O3S/c1-10-14(20-13-6-5-11(26-3)9-12(13)18)15(21-22(2)17(10)25)16(24)19-7-4-8-23/h5-6,9,20,23H,4,7-8H2,1-3H3,(H,19,24). The Morgan fingerprint density at radius 1 is 1.42 bits per heavy atom. The number of aryl methyl sites for hydroxylation is 1. The molecule has 0 atom stereocenters. The number of carbonyl (C=O) groups is 1. The fourth-order valence-electron chi connectivity index (χ4n) is 2.31. The molecule has 0 saturated carbocycles. The number of carbonyl (C=O) groups excluding carboxylic acids is 1. The second kappa shape index (κ2) is 8.81. The van der Waals surface area contributed by atoms with E-state index in [0.717, 1.165) is 9.58 Å². The maximum atomic E-state index is 14.3. The molecule has 0 bridgehead atoms. The van der Waals surface area contributed by atoms with E-state index in [1.54, 1.807) is 19.1 Å². The average Bonchev–Trinajstić information content (AvgIpc) is 2.63. The molecule has 0 unspecified atom stereocenters. The average molecular weight is 380 g/mol. The minimum Gasteiger partial charge on any atom is -0.396 e. The highest BCUT2D eigenvalue weighted by molar-refractivity contribution is 7.98. The number of anilines is 2. The third-order valence-corrected chi connectivity index (χ3v) is 4.47. The largest absolute Gasteiger partial charge is 0.396 e. The summed E-state index contributed by atoms with van der Waals surface area (Å²) in [5.41, 5.74) is 0.148. The van der Waals surface area contributed by atoms with Crippen molar-refractivity contribution in [2.75, 3.05) is 24.7 Å². The van der Waals surface area contributed by atoms with Crippen LogP contribution in [0.3, 0.4) is 0 Å². The molecule has 1 aromatic heterocycles. The van der Waals surface area contributed by atoms with Crippen LogP contribution in [0.2, 0.25) is 0 Å². The van der Waals surface area contributed by atoms with Gasteiger partial charge < -0.3 is 15.7 Å². The molecule has 0 aliphatic heterocycles. The van der Waals surface area contributed by atoms with Gasteiger partial charge in [-0.15, -0.1) is 11.8 Å². The molecule has 0 aliphatic carbocycles. The summed E-state index contributed by atoms with van der Waals surface area (Å²) in [6.07, 6.45) is 2.23. The predicted octanol–water partition coefficient (Wildman–Crippen LogP) is 1.81. The Labute approximate surface area is 154 Å². The first-order valence-corrected chi connectivity index (χ1v) is 9.19. The van der Waals surface area contributed by atoms with E-state index < -0.39 is 11.7 Å². The number of aromatic nitrogens is 2. The third-order valence-electron chi connectivity index (χ3n) is 3.75. The molecule has 9 heteroatoms. The van der Waals surface area contributed by atoms with Gasteiger partial charge in [0.2, 0.25) is 0 Å². The predicted molar refractivity (Wildman–Crippen MR) is 99.7 cm³/mol. The molecule has 2 aromatic rings. The molecule has 3 N–H and O–H groups in total. The fourth-order valence-corrected chi connectivity index (χ4v) is 2.73. The number of amides is 1.